The highest BCUT2D eigenvalue weighted by Crippen LogP contribution is 2.31. The number of anilines is 1. The van der Waals surface area contributed by atoms with E-state index < -0.39 is 14.8 Å². The summed E-state index contributed by atoms with van der Waals surface area (Å²) in [5.74, 6) is 0. The smallest absolute Gasteiger partial charge is 0.293 e. The Morgan fingerprint density at radius 3 is 2.57 bits per heavy atom. The van der Waals surface area contributed by atoms with E-state index in [0.29, 0.717) is 18.8 Å². The fourth-order valence-corrected chi connectivity index (χ4v) is 2.93. The second-order valence-corrected chi connectivity index (χ2v) is 7.23. The topological polar surface area (TPSA) is 98.3 Å². The van der Waals surface area contributed by atoms with Crippen LogP contribution in [0.1, 0.15) is 12.5 Å². The van der Waals surface area contributed by atoms with Gasteiger partial charge in [-0.3, -0.25) is 14.8 Å². The number of aromatic nitrogens is 2. The lowest BCUT2D eigenvalue weighted by atomic mass is 10.2. The monoisotopic (exact) mass is 338 g/mol. The SMILES string of the molecule is CCN(Cc1cnn(C)c1)c1ccc(S(C)(=O)=O)cc1[N+](=O)[O-]. The number of aryl methyl sites for hydroxylation is 1. The van der Waals surface area contributed by atoms with Gasteiger partial charge in [0.15, 0.2) is 9.84 Å². The van der Waals surface area contributed by atoms with Crippen LogP contribution in [0.3, 0.4) is 0 Å². The highest BCUT2D eigenvalue weighted by molar-refractivity contribution is 7.90. The molecule has 2 aromatic rings. The van der Waals surface area contributed by atoms with Crippen molar-refractivity contribution < 1.29 is 13.3 Å². The summed E-state index contributed by atoms with van der Waals surface area (Å²) in [6.07, 6.45) is 4.55. The van der Waals surface area contributed by atoms with E-state index in [0.717, 1.165) is 17.9 Å². The summed E-state index contributed by atoms with van der Waals surface area (Å²) in [5, 5.41) is 15.4. The molecule has 1 aromatic heterocycles. The standard InChI is InChI=1S/C14H18N4O4S/c1-4-17(10-11-8-15-16(2)9-11)13-6-5-12(23(3,21)22)7-14(13)18(19)20/h5-9H,4,10H2,1-3H3. The molecule has 0 spiro atoms. The largest absolute Gasteiger partial charge is 0.362 e. The summed E-state index contributed by atoms with van der Waals surface area (Å²) in [4.78, 5) is 12.5. The van der Waals surface area contributed by atoms with Crippen molar-refractivity contribution >= 4 is 21.2 Å². The Labute approximate surface area is 134 Å². The van der Waals surface area contributed by atoms with E-state index in [1.54, 1.807) is 22.8 Å². The molecule has 124 valence electrons. The van der Waals surface area contributed by atoms with Gasteiger partial charge in [-0.05, 0) is 19.1 Å². The lowest BCUT2D eigenvalue weighted by molar-refractivity contribution is -0.384. The first-order valence-corrected chi connectivity index (χ1v) is 8.82. The van der Waals surface area contributed by atoms with Gasteiger partial charge in [0.25, 0.3) is 5.69 Å². The van der Waals surface area contributed by atoms with Gasteiger partial charge in [-0.15, -0.1) is 0 Å². The molecule has 1 heterocycles. The molecule has 0 fully saturated rings. The molecular weight excluding hydrogens is 320 g/mol. The zero-order chi connectivity index (χ0) is 17.2. The van der Waals surface area contributed by atoms with Crippen LogP contribution in [0, 0.1) is 10.1 Å². The van der Waals surface area contributed by atoms with Crippen molar-refractivity contribution in [2.75, 3.05) is 17.7 Å². The summed E-state index contributed by atoms with van der Waals surface area (Å²) in [6.45, 7) is 2.86. The van der Waals surface area contributed by atoms with Crippen LogP contribution in [0.5, 0.6) is 0 Å². The van der Waals surface area contributed by atoms with Gasteiger partial charge in [0, 0.05) is 44.2 Å². The minimum absolute atomic E-state index is 0.0645. The molecule has 0 atom stereocenters. The molecule has 0 unspecified atom stereocenters. The molecule has 2 rings (SSSR count). The molecule has 0 aliphatic carbocycles. The molecule has 0 saturated carbocycles. The fourth-order valence-electron chi connectivity index (χ4n) is 2.29. The Hall–Kier alpha value is -2.42. The number of nitro benzene ring substituents is 1. The van der Waals surface area contributed by atoms with Gasteiger partial charge in [0.2, 0.25) is 0 Å². The van der Waals surface area contributed by atoms with Crippen LogP contribution in [0.15, 0.2) is 35.5 Å². The lowest BCUT2D eigenvalue weighted by Crippen LogP contribution is -2.23. The predicted molar refractivity (Wildman–Crippen MR) is 86.1 cm³/mol. The molecule has 0 saturated heterocycles. The van der Waals surface area contributed by atoms with Crippen LogP contribution in [0.25, 0.3) is 0 Å². The van der Waals surface area contributed by atoms with E-state index >= 15 is 0 Å². The van der Waals surface area contributed by atoms with Crippen molar-refractivity contribution in [1.29, 1.82) is 0 Å². The van der Waals surface area contributed by atoms with Crippen molar-refractivity contribution in [1.82, 2.24) is 9.78 Å². The summed E-state index contributed by atoms with van der Waals surface area (Å²) in [5.41, 5.74) is 1.07. The molecule has 0 aliphatic rings. The van der Waals surface area contributed by atoms with Gasteiger partial charge in [0.05, 0.1) is 16.0 Å². The van der Waals surface area contributed by atoms with Gasteiger partial charge in [-0.2, -0.15) is 5.10 Å². The first-order chi connectivity index (χ1) is 10.7. The molecule has 0 N–H and O–H groups in total. The van der Waals surface area contributed by atoms with Crippen LogP contribution in [0.4, 0.5) is 11.4 Å². The minimum atomic E-state index is -3.50. The number of hydrogen-bond acceptors (Lipinski definition) is 6. The highest BCUT2D eigenvalue weighted by atomic mass is 32.2. The van der Waals surface area contributed by atoms with Crippen molar-refractivity contribution in [2.24, 2.45) is 7.05 Å². The van der Waals surface area contributed by atoms with E-state index in [1.807, 2.05) is 13.1 Å². The first kappa shape index (κ1) is 16.9. The van der Waals surface area contributed by atoms with E-state index in [1.165, 1.54) is 12.1 Å². The normalized spacial score (nSPS) is 11.4. The van der Waals surface area contributed by atoms with Gasteiger partial charge >= 0.3 is 0 Å². The Bertz CT molecular complexity index is 829. The third-order valence-corrected chi connectivity index (χ3v) is 4.54. The van der Waals surface area contributed by atoms with Crippen molar-refractivity contribution in [2.45, 2.75) is 18.4 Å². The maximum absolute atomic E-state index is 11.6. The highest BCUT2D eigenvalue weighted by Gasteiger charge is 2.22. The number of rotatable bonds is 6. The van der Waals surface area contributed by atoms with Crippen LogP contribution in [-0.2, 0) is 23.4 Å². The lowest BCUT2D eigenvalue weighted by Gasteiger charge is -2.22. The second-order valence-electron chi connectivity index (χ2n) is 5.22. The molecule has 8 nitrogen and oxygen atoms in total. The minimum Gasteiger partial charge on any atom is -0.362 e. The van der Waals surface area contributed by atoms with E-state index in [2.05, 4.69) is 5.10 Å². The summed E-state index contributed by atoms with van der Waals surface area (Å²) in [6, 6.07) is 3.98. The van der Waals surface area contributed by atoms with Crippen LogP contribution < -0.4 is 4.90 Å². The van der Waals surface area contributed by atoms with E-state index in [-0.39, 0.29) is 10.6 Å². The number of sulfone groups is 1. The Kier molecular flexibility index (Phi) is 4.69. The number of benzene rings is 1. The van der Waals surface area contributed by atoms with Gasteiger partial charge in [0.1, 0.15) is 5.69 Å². The molecule has 9 heteroatoms. The zero-order valence-corrected chi connectivity index (χ0v) is 13.9. The molecule has 0 radical (unpaired) electrons. The molecule has 23 heavy (non-hydrogen) atoms. The van der Waals surface area contributed by atoms with Crippen LogP contribution in [-0.4, -0.2) is 35.9 Å². The summed E-state index contributed by atoms with van der Waals surface area (Å²) in [7, 11) is -1.71. The van der Waals surface area contributed by atoms with E-state index in [4.69, 9.17) is 0 Å². The quantitative estimate of drug-likeness (QED) is 0.588. The number of nitro groups is 1. The van der Waals surface area contributed by atoms with Gasteiger partial charge < -0.3 is 4.90 Å². The Balaban J connectivity index is 2.45. The molecular formula is C14H18N4O4S. The summed E-state index contributed by atoms with van der Waals surface area (Å²) < 4.78 is 24.9. The average Bonchev–Trinajstić information content (AvgIpc) is 2.88. The molecule has 1 aromatic carbocycles. The van der Waals surface area contributed by atoms with Crippen molar-refractivity contribution in [3.63, 3.8) is 0 Å². The Morgan fingerprint density at radius 2 is 2.09 bits per heavy atom. The fraction of sp³-hybridized carbons (Fsp3) is 0.357. The van der Waals surface area contributed by atoms with Crippen molar-refractivity contribution in [3.05, 3.63) is 46.3 Å². The third-order valence-electron chi connectivity index (χ3n) is 3.43. The maximum Gasteiger partial charge on any atom is 0.293 e. The third kappa shape index (κ3) is 3.86. The van der Waals surface area contributed by atoms with Gasteiger partial charge in [-0.25, -0.2) is 8.42 Å². The van der Waals surface area contributed by atoms with Gasteiger partial charge in [-0.1, -0.05) is 0 Å². The first-order valence-electron chi connectivity index (χ1n) is 6.93. The van der Waals surface area contributed by atoms with Crippen LogP contribution in [0.2, 0.25) is 0 Å². The average molecular weight is 338 g/mol. The molecule has 0 bridgehead atoms. The number of nitrogens with zero attached hydrogens (tertiary/aromatic N) is 4. The molecule has 0 aliphatic heterocycles. The Morgan fingerprint density at radius 1 is 1.39 bits per heavy atom. The van der Waals surface area contributed by atoms with Crippen LogP contribution >= 0.6 is 0 Å². The second kappa shape index (κ2) is 6.37. The number of hydrogen-bond donors (Lipinski definition) is 0. The van der Waals surface area contributed by atoms with E-state index in [9.17, 15) is 18.5 Å². The summed E-state index contributed by atoms with van der Waals surface area (Å²) >= 11 is 0. The maximum atomic E-state index is 11.6. The molecule has 0 amide bonds. The van der Waals surface area contributed by atoms with Crippen molar-refractivity contribution in [3.8, 4) is 0 Å². The predicted octanol–water partition coefficient (Wildman–Crippen LogP) is 1.76. The zero-order valence-electron chi connectivity index (χ0n) is 13.1.